The molecule has 0 saturated carbocycles. The van der Waals surface area contributed by atoms with E-state index >= 15 is 0 Å². The minimum absolute atomic E-state index is 0.163. The van der Waals surface area contributed by atoms with E-state index in [-0.39, 0.29) is 17.2 Å². The van der Waals surface area contributed by atoms with Crippen LogP contribution in [0.5, 0.6) is 0 Å². The third-order valence-electron chi connectivity index (χ3n) is 5.30. The van der Waals surface area contributed by atoms with Gasteiger partial charge in [-0.15, -0.1) is 5.10 Å². The summed E-state index contributed by atoms with van der Waals surface area (Å²) in [6, 6.07) is 2.08. The van der Waals surface area contributed by atoms with Crippen LogP contribution in [-0.2, 0) is 11.3 Å². The molecule has 138 valence electrons. The van der Waals surface area contributed by atoms with E-state index in [1.54, 1.807) is 9.08 Å². The fourth-order valence-corrected chi connectivity index (χ4v) is 3.76. The molecule has 0 unspecified atom stereocenters. The maximum atomic E-state index is 13.0. The molecule has 0 aromatic carbocycles. The van der Waals surface area contributed by atoms with Gasteiger partial charge >= 0.3 is 0 Å². The molecule has 4 heterocycles. The molecule has 26 heavy (non-hydrogen) atoms. The Morgan fingerprint density at radius 1 is 1.31 bits per heavy atom. The molecule has 8 heteroatoms. The van der Waals surface area contributed by atoms with Gasteiger partial charge in [-0.1, -0.05) is 13.8 Å². The zero-order chi connectivity index (χ0) is 18.3. The molecule has 1 fully saturated rings. The topological polar surface area (TPSA) is 88.4 Å². The number of hydrogen-bond acceptors (Lipinski definition) is 6. The summed E-state index contributed by atoms with van der Waals surface area (Å²) in [5.41, 5.74) is 0.327. The van der Waals surface area contributed by atoms with Crippen LogP contribution in [0.2, 0.25) is 0 Å². The first-order valence-electron chi connectivity index (χ1n) is 9.36. The number of rotatable bonds is 4. The lowest BCUT2D eigenvalue weighted by atomic mass is 10.00. The second-order valence-electron chi connectivity index (χ2n) is 7.50. The highest BCUT2D eigenvalue weighted by atomic mass is 16.5. The normalized spacial score (nSPS) is 17.8. The molecule has 2 aliphatic heterocycles. The van der Waals surface area contributed by atoms with Crippen molar-refractivity contribution >= 4 is 11.5 Å². The van der Waals surface area contributed by atoms with Gasteiger partial charge in [0, 0.05) is 38.8 Å². The van der Waals surface area contributed by atoms with Crippen molar-refractivity contribution in [3.63, 3.8) is 0 Å². The molecule has 0 radical (unpaired) electrons. The standard InChI is InChI=1S/C18H24N6O2/c1-12(2)3-6-22-7-8-23-17(25)15-14(11-19)20-16(24(15)21-18(22)23)13-4-9-26-10-5-13/h12-13H,3-10H2,1-2H3. The van der Waals surface area contributed by atoms with Crippen molar-refractivity contribution in [1.29, 1.82) is 5.26 Å². The molecule has 0 aliphatic carbocycles. The SMILES string of the molecule is CC(C)CCN1CCn2c1nn1c(C3CCOCC3)nc(C#N)c1c2=O. The van der Waals surface area contributed by atoms with Gasteiger partial charge in [0.05, 0.1) is 0 Å². The maximum Gasteiger partial charge on any atom is 0.282 e. The average Bonchev–Trinajstić information content (AvgIpc) is 3.22. The van der Waals surface area contributed by atoms with E-state index in [2.05, 4.69) is 29.8 Å². The van der Waals surface area contributed by atoms with E-state index in [1.807, 2.05) is 0 Å². The number of nitriles is 1. The van der Waals surface area contributed by atoms with Crippen LogP contribution in [0.4, 0.5) is 5.95 Å². The first-order chi connectivity index (χ1) is 12.6. The lowest BCUT2D eigenvalue weighted by Gasteiger charge is -2.21. The second-order valence-corrected chi connectivity index (χ2v) is 7.50. The molecule has 2 aromatic heterocycles. The minimum Gasteiger partial charge on any atom is -0.381 e. The van der Waals surface area contributed by atoms with Crippen molar-refractivity contribution in [2.75, 3.05) is 31.2 Å². The summed E-state index contributed by atoms with van der Waals surface area (Å²) in [5.74, 6) is 2.17. The van der Waals surface area contributed by atoms with Crippen molar-refractivity contribution in [2.45, 2.75) is 45.6 Å². The van der Waals surface area contributed by atoms with Crippen molar-refractivity contribution < 1.29 is 4.74 Å². The third-order valence-corrected chi connectivity index (χ3v) is 5.30. The Balaban J connectivity index is 1.83. The zero-order valence-corrected chi connectivity index (χ0v) is 15.3. The number of nitrogens with zero attached hydrogens (tertiary/aromatic N) is 6. The summed E-state index contributed by atoms with van der Waals surface area (Å²) in [7, 11) is 0. The highest BCUT2D eigenvalue weighted by molar-refractivity contribution is 5.58. The monoisotopic (exact) mass is 356 g/mol. The molecule has 0 amide bonds. The van der Waals surface area contributed by atoms with E-state index < -0.39 is 0 Å². The van der Waals surface area contributed by atoms with Crippen LogP contribution in [0.1, 0.15) is 50.5 Å². The lowest BCUT2D eigenvalue weighted by Crippen LogP contribution is -2.27. The van der Waals surface area contributed by atoms with E-state index in [0.29, 0.717) is 37.1 Å². The van der Waals surface area contributed by atoms with E-state index in [9.17, 15) is 10.1 Å². The molecule has 2 aliphatic rings. The number of hydrogen-bond donors (Lipinski definition) is 0. The van der Waals surface area contributed by atoms with Crippen molar-refractivity contribution in [2.24, 2.45) is 5.92 Å². The van der Waals surface area contributed by atoms with Crippen LogP contribution in [-0.4, -0.2) is 45.5 Å². The third kappa shape index (κ3) is 2.76. The van der Waals surface area contributed by atoms with Crippen molar-refractivity contribution in [1.82, 2.24) is 19.2 Å². The molecular formula is C18H24N6O2. The zero-order valence-electron chi connectivity index (χ0n) is 15.3. The van der Waals surface area contributed by atoms with Gasteiger partial charge < -0.3 is 9.64 Å². The van der Waals surface area contributed by atoms with Gasteiger partial charge in [-0.25, -0.2) is 9.50 Å². The number of anilines is 1. The van der Waals surface area contributed by atoms with E-state index in [4.69, 9.17) is 9.84 Å². The summed E-state index contributed by atoms with van der Waals surface area (Å²) < 4.78 is 8.76. The number of imidazole rings is 1. The number of fused-ring (bicyclic) bond motifs is 2. The molecule has 0 N–H and O–H groups in total. The van der Waals surface area contributed by atoms with Crippen LogP contribution in [0, 0.1) is 17.2 Å². The van der Waals surface area contributed by atoms with Crippen LogP contribution in [0.25, 0.3) is 5.52 Å². The minimum atomic E-state index is -0.163. The average molecular weight is 356 g/mol. The molecule has 8 nitrogen and oxygen atoms in total. The Labute approximate surface area is 152 Å². The molecule has 4 rings (SSSR count). The smallest absolute Gasteiger partial charge is 0.282 e. The highest BCUT2D eigenvalue weighted by Crippen LogP contribution is 2.28. The van der Waals surface area contributed by atoms with Crippen LogP contribution in [0.15, 0.2) is 4.79 Å². The van der Waals surface area contributed by atoms with Crippen LogP contribution in [0.3, 0.4) is 0 Å². The fraction of sp³-hybridized carbons (Fsp3) is 0.667. The van der Waals surface area contributed by atoms with Gasteiger partial charge in [-0.3, -0.25) is 9.36 Å². The summed E-state index contributed by atoms with van der Waals surface area (Å²) in [5, 5.41) is 14.3. The Bertz CT molecular complexity index is 916. The lowest BCUT2D eigenvalue weighted by molar-refractivity contribution is 0.0832. The molecule has 0 bridgehead atoms. The predicted molar refractivity (Wildman–Crippen MR) is 96.4 cm³/mol. The molecular weight excluding hydrogens is 332 g/mol. The molecule has 0 spiro atoms. The Morgan fingerprint density at radius 2 is 2.08 bits per heavy atom. The molecule has 1 saturated heterocycles. The molecule has 2 aromatic rings. The van der Waals surface area contributed by atoms with Crippen molar-refractivity contribution in [3.05, 3.63) is 21.9 Å². The van der Waals surface area contributed by atoms with E-state index in [1.165, 1.54) is 0 Å². The first-order valence-corrected chi connectivity index (χ1v) is 9.36. The Kier molecular flexibility index (Phi) is 4.41. The maximum absolute atomic E-state index is 13.0. The summed E-state index contributed by atoms with van der Waals surface area (Å²) in [6.45, 7) is 8.00. The largest absolute Gasteiger partial charge is 0.381 e. The first kappa shape index (κ1) is 17.0. The quantitative estimate of drug-likeness (QED) is 0.825. The van der Waals surface area contributed by atoms with Gasteiger partial charge in [-0.2, -0.15) is 5.26 Å². The van der Waals surface area contributed by atoms with Gasteiger partial charge in [-0.05, 0) is 25.2 Å². The summed E-state index contributed by atoms with van der Waals surface area (Å²) in [6.07, 6.45) is 2.72. The van der Waals surface area contributed by atoms with Crippen molar-refractivity contribution in [3.8, 4) is 6.07 Å². The van der Waals surface area contributed by atoms with Gasteiger partial charge in [0.25, 0.3) is 5.56 Å². The number of ether oxygens (including phenoxy) is 1. The fourth-order valence-electron chi connectivity index (χ4n) is 3.76. The van der Waals surface area contributed by atoms with E-state index in [0.717, 1.165) is 38.2 Å². The predicted octanol–water partition coefficient (Wildman–Crippen LogP) is 1.52. The van der Waals surface area contributed by atoms with Crippen LogP contribution >= 0.6 is 0 Å². The summed E-state index contributed by atoms with van der Waals surface area (Å²) >= 11 is 0. The van der Waals surface area contributed by atoms with Gasteiger partial charge in [0.2, 0.25) is 5.95 Å². The van der Waals surface area contributed by atoms with Crippen LogP contribution < -0.4 is 10.5 Å². The molecule has 0 atom stereocenters. The number of aromatic nitrogens is 4. The second kappa shape index (κ2) is 6.72. The Morgan fingerprint density at radius 3 is 2.77 bits per heavy atom. The van der Waals surface area contributed by atoms with Gasteiger partial charge in [0.1, 0.15) is 11.9 Å². The van der Waals surface area contributed by atoms with Gasteiger partial charge in [0.15, 0.2) is 11.2 Å². The Hall–Kier alpha value is -2.40. The summed E-state index contributed by atoms with van der Waals surface area (Å²) in [4.78, 5) is 19.7. The highest BCUT2D eigenvalue weighted by Gasteiger charge is 2.29.